The van der Waals surface area contributed by atoms with Gasteiger partial charge in [0, 0.05) is 12.2 Å². The second-order valence-corrected chi connectivity index (χ2v) is 8.78. The van der Waals surface area contributed by atoms with Crippen LogP contribution in [0.3, 0.4) is 0 Å². The van der Waals surface area contributed by atoms with E-state index in [4.69, 9.17) is 15.0 Å². The zero-order valence-corrected chi connectivity index (χ0v) is 19.5. The third kappa shape index (κ3) is 3.80. The van der Waals surface area contributed by atoms with Crippen molar-refractivity contribution in [2.24, 2.45) is 0 Å². The van der Waals surface area contributed by atoms with Crippen molar-refractivity contribution in [3.05, 3.63) is 70.3 Å². The third-order valence-corrected chi connectivity index (χ3v) is 6.33. The normalized spacial score (nSPS) is 11.7. The van der Waals surface area contributed by atoms with E-state index in [0.717, 1.165) is 35.4 Å². The molecule has 6 nitrogen and oxygen atoms in total. The molecule has 0 saturated heterocycles. The van der Waals surface area contributed by atoms with Crippen LogP contribution >= 0.6 is 0 Å². The number of fused-ring (bicyclic) bond motifs is 4. The van der Waals surface area contributed by atoms with Crippen LogP contribution in [0.2, 0.25) is 0 Å². The Balaban J connectivity index is 1.76. The molecular formula is C27H29N5O. The minimum atomic E-state index is -0.0339. The fourth-order valence-corrected chi connectivity index (χ4v) is 4.51. The van der Waals surface area contributed by atoms with Crippen LogP contribution in [0.1, 0.15) is 50.4 Å². The van der Waals surface area contributed by atoms with Crippen LogP contribution in [0.15, 0.2) is 53.3 Å². The number of aromatic nitrogens is 5. The van der Waals surface area contributed by atoms with Crippen molar-refractivity contribution in [1.29, 1.82) is 0 Å². The van der Waals surface area contributed by atoms with Crippen molar-refractivity contribution in [2.45, 2.75) is 59.4 Å². The second kappa shape index (κ2) is 8.77. The van der Waals surface area contributed by atoms with Gasteiger partial charge < -0.3 is 0 Å². The molecular weight excluding hydrogens is 410 g/mol. The largest absolute Gasteiger partial charge is 0.296 e. The smallest absolute Gasteiger partial charge is 0.265 e. The lowest BCUT2D eigenvalue weighted by atomic mass is 10.1. The van der Waals surface area contributed by atoms with Gasteiger partial charge in [0.15, 0.2) is 11.3 Å². The van der Waals surface area contributed by atoms with Crippen LogP contribution in [0, 0.1) is 13.8 Å². The van der Waals surface area contributed by atoms with Crippen LogP contribution in [-0.2, 0) is 6.54 Å². The molecule has 0 spiro atoms. The van der Waals surface area contributed by atoms with Crippen LogP contribution in [0.4, 0.5) is 0 Å². The van der Waals surface area contributed by atoms with E-state index in [9.17, 15) is 4.79 Å². The van der Waals surface area contributed by atoms with Crippen LogP contribution in [-0.4, -0.2) is 24.1 Å². The highest BCUT2D eigenvalue weighted by Crippen LogP contribution is 2.28. The fraction of sp³-hybridized carbons (Fsp3) is 0.333. The molecule has 0 radical (unpaired) electrons. The highest BCUT2D eigenvalue weighted by atomic mass is 16.1. The summed E-state index contributed by atoms with van der Waals surface area (Å²) in [6.07, 6.45) is 5.73. The Labute approximate surface area is 192 Å². The van der Waals surface area contributed by atoms with E-state index in [1.54, 1.807) is 0 Å². The van der Waals surface area contributed by atoms with Gasteiger partial charge in [-0.25, -0.2) is 15.0 Å². The van der Waals surface area contributed by atoms with Crippen molar-refractivity contribution >= 4 is 33.2 Å². The molecule has 0 aliphatic rings. The molecule has 0 aliphatic carbocycles. The summed E-state index contributed by atoms with van der Waals surface area (Å²) in [6.45, 7) is 6.86. The average molecular weight is 440 g/mol. The van der Waals surface area contributed by atoms with Gasteiger partial charge in [-0.3, -0.25) is 13.9 Å². The Morgan fingerprint density at radius 2 is 1.48 bits per heavy atom. The number of para-hydroxylation sites is 2. The lowest BCUT2D eigenvalue weighted by molar-refractivity contribution is 0.546. The van der Waals surface area contributed by atoms with E-state index in [-0.39, 0.29) is 5.56 Å². The lowest BCUT2D eigenvalue weighted by Gasteiger charge is -2.11. The Hall–Kier alpha value is -3.54. The molecule has 3 aromatic heterocycles. The zero-order valence-electron chi connectivity index (χ0n) is 19.5. The molecule has 2 aromatic carbocycles. The van der Waals surface area contributed by atoms with E-state index in [0.29, 0.717) is 28.7 Å². The molecule has 168 valence electrons. The summed E-state index contributed by atoms with van der Waals surface area (Å²) in [7, 11) is 0. The van der Waals surface area contributed by atoms with Crippen molar-refractivity contribution < 1.29 is 0 Å². The second-order valence-electron chi connectivity index (χ2n) is 8.78. The number of nitrogens with zero attached hydrogens (tertiary/aromatic N) is 5. The standard InChI is InChI=1S/C27H29N5O/c1-4-5-6-7-10-17-31-19(3)28-25-23(27(31)33)24-26(30-22-12-9-8-11-21(22)29-24)32(25)20-15-13-18(2)14-16-20/h8-9,11-16H,4-7,10,17H2,1-3H3. The SMILES string of the molecule is CCCCCCCn1c(C)nc2c(c1=O)c1nc3ccccc3nc1n2-c1ccc(C)cc1. The van der Waals surface area contributed by atoms with Crippen LogP contribution in [0.5, 0.6) is 0 Å². The van der Waals surface area contributed by atoms with Gasteiger partial charge in [-0.15, -0.1) is 0 Å². The van der Waals surface area contributed by atoms with E-state index < -0.39 is 0 Å². The number of benzene rings is 2. The molecule has 33 heavy (non-hydrogen) atoms. The van der Waals surface area contributed by atoms with E-state index >= 15 is 0 Å². The number of rotatable bonds is 7. The molecule has 0 amide bonds. The average Bonchev–Trinajstić information content (AvgIpc) is 3.12. The summed E-state index contributed by atoms with van der Waals surface area (Å²) in [5.74, 6) is 0.726. The molecule has 6 heteroatoms. The van der Waals surface area contributed by atoms with Crippen molar-refractivity contribution in [2.75, 3.05) is 0 Å². The Morgan fingerprint density at radius 3 is 2.21 bits per heavy atom. The maximum absolute atomic E-state index is 13.8. The lowest BCUT2D eigenvalue weighted by Crippen LogP contribution is -2.24. The van der Waals surface area contributed by atoms with E-state index in [2.05, 4.69) is 26.0 Å². The molecule has 0 aliphatic heterocycles. The Kier molecular flexibility index (Phi) is 5.67. The maximum Gasteiger partial charge on any atom is 0.265 e. The minimum Gasteiger partial charge on any atom is -0.296 e. The summed E-state index contributed by atoms with van der Waals surface area (Å²) in [5, 5.41) is 0.544. The molecule has 0 saturated carbocycles. The van der Waals surface area contributed by atoms with Gasteiger partial charge in [0.1, 0.15) is 16.7 Å². The van der Waals surface area contributed by atoms with E-state index in [1.165, 1.54) is 24.8 Å². The van der Waals surface area contributed by atoms with Crippen molar-refractivity contribution in [3.63, 3.8) is 0 Å². The number of unbranched alkanes of at least 4 members (excludes halogenated alkanes) is 4. The first-order chi connectivity index (χ1) is 16.1. The van der Waals surface area contributed by atoms with Crippen LogP contribution in [0.25, 0.3) is 38.9 Å². The first-order valence-electron chi connectivity index (χ1n) is 11.8. The topological polar surface area (TPSA) is 65.6 Å². The molecule has 0 bridgehead atoms. The first kappa shape index (κ1) is 21.3. The monoisotopic (exact) mass is 439 g/mol. The molecule has 0 unspecified atom stereocenters. The van der Waals surface area contributed by atoms with E-state index in [1.807, 2.05) is 52.5 Å². The molecule has 0 atom stereocenters. The molecule has 0 N–H and O–H groups in total. The predicted molar refractivity (Wildman–Crippen MR) is 134 cm³/mol. The molecule has 3 heterocycles. The number of aryl methyl sites for hydroxylation is 2. The third-order valence-electron chi connectivity index (χ3n) is 6.33. The van der Waals surface area contributed by atoms with Gasteiger partial charge in [-0.05, 0) is 44.5 Å². The number of hydrogen-bond acceptors (Lipinski definition) is 4. The zero-order chi connectivity index (χ0) is 22.9. The van der Waals surface area contributed by atoms with Crippen LogP contribution < -0.4 is 5.56 Å². The summed E-state index contributed by atoms with van der Waals surface area (Å²) in [5.41, 5.74) is 5.54. The molecule has 5 aromatic rings. The van der Waals surface area contributed by atoms with Gasteiger partial charge in [0.2, 0.25) is 0 Å². The highest BCUT2D eigenvalue weighted by molar-refractivity contribution is 6.05. The van der Waals surface area contributed by atoms with Gasteiger partial charge in [0.05, 0.1) is 11.0 Å². The Morgan fingerprint density at radius 1 is 0.788 bits per heavy atom. The quantitative estimate of drug-likeness (QED) is 0.297. The van der Waals surface area contributed by atoms with Gasteiger partial charge in [-0.2, -0.15) is 0 Å². The summed E-state index contributed by atoms with van der Waals surface area (Å²) in [6, 6.07) is 16.0. The summed E-state index contributed by atoms with van der Waals surface area (Å²) in [4.78, 5) is 28.5. The predicted octanol–water partition coefficient (Wildman–Crippen LogP) is 5.87. The maximum atomic E-state index is 13.8. The first-order valence-corrected chi connectivity index (χ1v) is 11.8. The fourth-order valence-electron chi connectivity index (χ4n) is 4.51. The van der Waals surface area contributed by atoms with Crippen molar-refractivity contribution in [3.8, 4) is 5.69 Å². The summed E-state index contributed by atoms with van der Waals surface area (Å²) >= 11 is 0. The highest BCUT2D eigenvalue weighted by Gasteiger charge is 2.22. The van der Waals surface area contributed by atoms with Crippen molar-refractivity contribution in [1.82, 2.24) is 24.1 Å². The summed E-state index contributed by atoms with van der Waals surface area (Å²) < 4.78 is 3.79. The Bertz CT molecular complexity index is 1510. The van der Waals surface area contributed by atoms with Gasteiger partial charge >= 0.3 is 0 Å². The molecule has 5 rings (SSSR count). The minimum absolute atomic E-state index is 0.0339. The molecule has 0 fully saturated rings. The number of hydrogen-bond donors (Lipinski definition) is 0. The van der Waals surface area contributed by atoms with Gasteiger partial charge in [-0.1, -0.05) is 62.4 Å². The van der Waals surface area contributed by atoms with Gasteiger partial charge in [0.25, 0.3) is 5.56 Å².